The molecule has 31 heavy (non-hydrogen) atoms. The number of rotatable bonds is 7. The van der Waals surface area contributed by atoms with Gasteiger partial charge >= 0.3 is 21.3 Å². The van der Waals surface area contributed by atoms with Crippen LogP contribution >= 0.6 is 0 Å². The van der Waals surface area contributed by atoms with Crippen molar-refractivity contribution < 1.29 is 35.3 Å². The van der Waals surface area contributed by atoms with Crippen molar-refractivity contribution in [2.45, 2.75) is 25.9 Å². The van der Waals surface area contributed by atoms with Gasteiger partial charge in [0.25, 0.3) is 0 Å². The van der Waals surface area contributed by atoms with Crippen molar-refractivity contribution in [2.24, 2.45) is 0 Å². The lowest BCUT2D eigenvalue weighted by Crippen LogP contribution is -2.52. The first-order valence-corrected chi connectivity index (χ1v) is 11.5. The van der Waals surface area contributed by atoms with Crippen molar-refractivity contribution >= 4 is 21.0 Å². The molecule has 10 heteroatoms. The van der Waals surface area contributed by atoms with Crippen molar-refractivity contribution in [3.05, 3.63) is 84.9 Å². The molecule has 0 heterocycles. The van der Waals surface area contributed by atoms with E-state index in [1.165, 1.54) is 12.1 Å². The first kappa shape index (κ1) is 23.1. The van der Waals surface area contributed by atoms with Crippen molar-refractivity contribution in [1.82, 2.24) is 0 Å². The van der Waals surface area contributed by atoms with Gasteiger partial charge in [0.05, 0.1) is 10.9 Å². The predicted molar refractivity (Wildman–Crippen MR) is 108 cm³/mol. The van der Waals surface area contributed by atoms with Gasteiger partial charge in [-0.2, -0.15) is 21.6 Å². The third kappa shape index (κ3) is 5.03. The molecule has 0 fully saturated rings. The van der Waals surface area contributed by atoms with Gasteiger partial charge in [0, 0.05) is 0 Å². The molecule has 0 amide bonds. The lowest BCUT2D eigenvalue weighted by Gasteiger charge is -2.24. The van der Waals surface area contributed by atoms with Crippen molar-refractivity contribution in [1.29, 1.82) is 0 Å². The van der Waals surface area contributed by atoms with Gasteiger partial charge in [-0.25, -0.2) is 4.39 Å². The molecule has 0 aliphatic carbocycles. The Morgan fingerprint density at radius 1 is 0.742 bits per heavy atom. The summed E-state index contributed by atoms with van der Waals surface area (Å²) < 4.78 is 88.0. The van der Waals surface area contributed by atoms with Crippen LogP contribution in [0.15, 0.2) is 99.6 Å². The highest BCUT2D eigenvalue weighted by Crippen LogP contribution is 2.39. The number of hydrogen-bond donors (Lipinski definition) is 1. The Morgan fingerprint density at radius 2 is 1.16 bits per heavy atom. The van der Waals surface area contributed by atoms with E-state index >= 15 is 0 Å². The van der Waals surface area contributed by atoms with Crippen LogP contribution in [0.25, 0.3) is 0 Å². The van der Waals surface area contributed by atoms with E-state index in [-0.39, 0.29) is 5.75 Å². The molecular weight excluding hydrogens is 456 g/mol. The van der Waals surface area contributed by atoms with E-state index in [4.69, 9.17) is 9.29 Å². The molecule has 1 unspecified atom stereocenters. The minimum absolute atomic E-state index is 0.177. The van der Waals surface area contributed by atoms with Gasteiger partial charge in [-0.3, -0.25) is 4.55 Å². The van der Waals surface area contributed by atoms with Crippen LogP contribution < -0.4 is 4.74 Å². The summed E-state index contributed by atoms with van der Waals surface area (Å²) in [7, 11) is -6.62. The minimum Gasteiger partial charge on any atom is -0.489 e. The van der Waals surface area contributed by atoms with Crippen LogP contribution in [0.5, 0.6) is 5.75 Å². The van der Waals surface area contributed by atoms with Crippen LogP contribution in [-0.2, 0) is 21.0 Å². The van der Waals surface area contributed by atoms with Gasteiger partial charge < -0.3 is 4.74 Å². The number of hydrogen-bond acceptors (Lipinski definition) is 3. The Morgan fingerprint density at radius 3 is 1.55 bits per heavy atom. The molecule has 0 bridgehead atoms. The Balaban J connectivity index is 1.87. The van der Waals surface area contributed by atoms with Gasteiger partial charge in [-0.05, 0) is 48.5 Å². The van der Waals surface area contributed by atoms with Crippen LogP contribution in [-0.4, -0.2) is 30.8 Å². The first-order valence-electron chi connectivity index (χ1n) is 8.83. The highest BCUT2D eigenvalue weighted by atomic mass is 32.2. The summed E-state index contributed by atoms with van der Waals surface area (Å²) in [6.07, 6.45) is -5.87. The largest absolute Gasteiger partial charge is 0.489 e. The first-order chi connectivity index (χ1) is 14.5. The smallest absolute Gasteiger partial charge is 0.443 e. The van der Waals surface area contributed by atoms with Crippen LogP contribution in [0.1, 0.15) is 0 Å². The Hall–Kier alpha value is -2.56. The maximum atomic E-state index is 14.1. The molecule has 0 saturated carbocycles. The second kappa shape index (κ2) is 8.89. The average Bonchev–Trinajstić information content (AvgIpc) is 2.73. The van der Waals surface area contributed by atoms with E-state index in [9.17, 15) is 26.0 Å². The standard InChI is InChI=1S/C21H16F4O4S2/c22-20(21(23,24)25,31(26,27)28)15-29-16-11-13-19(14-12-16)30(17-7-3-1-4-8-17)18-9-5-2-6-10-18/h1-14H,15H2/p+1. The number of benzene rings is 3. The summed E-state index contributed by atoms with van der Waals surface area (Å²) in [6, 6.07) is 25.0. The highest BCUT2D eigenvalue weighted by Gasteiger charge is 2.66. The third-order valence-corrected chi connectivity index (χ3v) is 7.67. The van der Waals surface area contributed by atoms with E-state index in [0.29, 0.717) is 0 Å². The molecule has 0 radical (unpaired) electrons. The zero-order chi connectivity index (χ0) is 22.7. The predicted octanol–water partition coefficient (Wildman–Crippen LogP) is 5.28. The van der Waals surface area contributed by atoms with E-state index in [1.54, 1.807) is 12.1 Å². The van der Waals surface area contributed by atoms with Gasteiger partial charge in [0.15, 0.2) is 14.7 Å². The fraction of sp³-hybridized carbons (Fsp3) is 0.143. The molecule has 3 aromatic carbocycles. The van der Waals surface area contributed by atoms with Crippen LogP contribution in [0.4, 0.5) is 17.6 Å². The normalized spacial score (nSPS) is 14.3. The van der Waals surface area contributed by atoms with Crippen molar-refractivity contribution in [2.75, 3.05) is 6.61 Å². The maximum Gasteiger partial charge on any atom is 0.443 e. The van der Waals surface area contributed by atoms with Gasteiger partial charge in [-0.1, -0.05) is 36.4 Å². The lowest BCUT2D eigenvalue weighted by atomic mass is 10.3. The highest BCUT2D eigenvalue weighted by molar-refractivity contribution is 7.97. The average molecular weight is 473 g/mol. The second-order valence-corrected chi connectivity index (χ2v) is 10.0. The monoisotopic (exact) mass is 473 g/mol. The molecule has 0 saturated heterocycles. The van der Waals surface area contributed by atoms with Gasteiger partial charge in [0.2, 0.25) is 0 Å². The fourth-order valence-corrected chi connectivity index (χ4v) is 5.26. The van der Waals surface area contributed by atoms with Gasteiger partial charge in [0.1, 0.15) is 12.4 Å². The molecular formula is C21H17F4O4S2+. The fourth-order valence-electron chi connectivity index (χ4n) is 2.67. The summed E-state index contributed by atoms with van der Waals surface area (Å²) in [6.45, 7) is -1.93. The van der Waals surface area contributed by atoms with E-state index in [2.05, 4.69) is 0 Å². The maximum absolute atomic E-state index is 14.1. The second-order valence-electron chi connectivity index (χ2n) is 6.39. The molecule has 0 aromatic heterocycles. The quantitative estimate of drug-likeness (QED) is 0.288. The molecule has 3 aromatic rings. The summed E-state index contributed by atoms with van der Waals surface area (Å²) in [5.41, 5.74) is 0. The molecule has 1 N–H and O–H groups in total. The minimum atomic E-state index is -6.10. The Labute approximate surface area is 179 Å². The molecule has 0 aliphatic heterocycles. The van der Waals surface area contributed by atoms with Gasteiger partial charge in [-0.15, -0.1) is 0 Å². The lowest BCUT2D eigenvalue weighted by molar-refractivity contribution is -0.206. The SMILES string of the molecule is O=S(=O)(O)C(F)(COc1ccc([S+](c2ccccc2)c2ccccc2)cc1)C(F)(F)F. The van der Waals surface area contributed by atoms with Crippen molar-refractivity contribution in [3.8, 4) is 5.75 Å². The summed E-state index contributed by atoms with van der Waals surface area (Å²) in [5, 5.41) is -4.93. The summed E-state index contributed by atoms with van der Waals surface area (Å²) in [4.78, 5) is 2.84. The van der Waals surface area contributed by atoms with Crippen LogP contribution in [0.3, 0.4) is 0 Å². The molecule has 0 aliphatic rings. The molecule has 0 spiro atoms. The molecule has 164 valence electrons. The molecule has 4 nitrogen and oxygen atoms in total. The Kier molecular flexibility index (Phi) is 6.63. The number of ether oxygens (including phenoxy) is 1. The van der Waals surface area contributed by atoms with E-state index < -0.39 is 38.8 Å². The van der Waals surface area contributed by atoms with Crippen molar-refractivity contribution in [3.63, 3.8) is 0 Å². The third-order valence-electron chi connectivity index (χ3n) is 4.27. The zero-order valence-electron chi connectivity index (χ0n) is 15.8. The zero-order valence-corrected chi connectivity index (χ0v) is 17.4. The molecule has 3 rings (SSSR count). The summed E-state index contributed by atoms with van der Waals surface area (Å²) >= 11 is 0. The van der Waals surface area contributed by atoms with E-state index in [0.717, 1.165) is 14.7 Å². The van der Waals surface area contributed by atoms with E-state index in [1.807, 2.05) is 60.7 Å². The topological polar surface area (TPSA) is 63.6 Å². The van der Waals surface area contributed by atoms with Crippen LogP contribution in [0, 0.1) is 0 Å². The summed E-state index contributed by atoms with van der Waals surface area (Å²) in [5.74, 6) is -0.177. The Bertz CT molecular complexity index is 1070. The van der Waals surface area contributed by atoms with Crippen LogP contribution in [0.2, 0.25) is 0 Å². The molecule has 1 atom stereocenters. The number of halogens is 4. The number of alkyl halides is 4.